The summed E-state index contributed by atoms with van der Waals surface area (Å²) in [5.41, 5.74) is 0. The van der Waals surface area contributed by atoms with Crippen LogP contribution in [0.2, 0.25) is 0 Å². The van der Waals surface area contributed by atoms with Crippen LogP contribution in [-0.2, 0) is 0 Å². The van der Waals surface area contributed by atoms with Crippen molar-refractivity contribution in [1.29, 1.82) is 0 Å². The fraction of sp³-hybridized carbons (Fsp3) is 0.643. The summed E-state index contributed by atoms with van der Waals surface area (Å²) in [7, 11) is 0. The van der Waals surface area contributed by atoms with Crippen molar-refractivity contribution < 1.29 is 13.5 Å². The van der Waals surface area contributed by atoms with Crippen LogP contribution in [0.4, 0.5) is 14.6 Å². The first-order valence-corrected chi connectivity index (χ1v) is 6.97. The molecule has 106 valence electrons. The molecule has 0 saturated heterocycles. The third-order valence-corrected chi connectivity index (χ3v) is 3.27. The zero-order valence-electron chi connectivity index (χ0n) is 11.2. The molecule has 1 aromatic heterocycles. The molecule has 1 aliphatic rings. The molecule has 0 unspecified atom stereocenters. The molecule has 1 aromatic rings. The highest BCUT2D eigenvalue weighted by Crippen LogP contribution is 2.26. The summed E-state index contributed by atoms with van der Waals surface area (Å²) >= 11 is 0. The van der Waals surface area contributed by atoms with Gasteiger partial charge in [0, 0.05) is 12.6 Å². The molecule has 19 heavy (non-hydrogen) atoms. The first-order valence-electron chi connectivity index (χ1n) is 6.97. The maximum Gasteiger partial charge on any atom is 0.252 e. The second-order valence-electron chi connectivity index (χ2n) is 4.91. The lowest BCUT2D eigenvalue weighted by molar-refractivity contribution is 0.142. The molecule has 1 fully saturated rings. The lowest BCUT2D eigenvalue weighted by atomic mass is 9.98. The average Bonchev–Trinajstić information content (AvgIpc) is 2.42. The van der Waals surface area contributed by atoms with E-state index in [0.29, 0.717) is 6.54 Å². The topological polar surface area (TPSA) is 34.2 Å². The SMILES string of the molecule is CCCNc1nc(OC2CCCCC2)c(F)cc1F. The third kappa shape index (κ3) is 3.78. The van der Waals surface area contributed by atoms with Crippen molar-refractivity contribution in [3.8, 4) is 5.88 Å². The van der Waals surface area contributed by atoms with Gasteiger partial charge in [0.1, 0.15) is 6.10 Å². The molecule has 0 aromatic carbocycles. The number of halogens is 2. The van der Waals surface area contributed by atoms with Crippen LogP contribution in [0.5, 0.6) is 5.88 Å². The van der Waals surface area contributed by atoms with Crippen LogP contribution in [0, 0.1) is 11.6 Å². The lowest BCUT2D eigenvalue weighted by Gasteiger charge is -2.22. The predicted octanol–water partition coefficient (Wildman–Crippen LogP) is 3.89. The monoisotopic (exact) mass is 270 g/mol. The Labute approximate surface area is 112 Å². The lowest BCUT2D eigenvalue weighted by Crippen LogP contribution is -2.21. The van der Waals surface area contributed by atoms with Crippen molar-refractivity contribution in [1.82, 2.24) is 4.98 Å². The highest BCUT2D eigenvalue weighted by atomic mass is 19.1. The second-order valence-corrected chi connectivity index (χ2v) is 4.91. The van der Waals surface area contributed by atoms with E-state index in [1.165, 1.54) is 6.42 Å². The fourth-order valence-electron chi connectivity index (χ4n) is 2.24. The van der Waals surface area contributed by atoms with Gasteiger partial charge in [0.15, 0.2) is 17.5 Å². The van der Waals surface area contributed by atoms with Gasteiger partial charge in [0.2, 0.25) is 0 Å². The smallest absolute Gasteiger partial charge is 0.252 e. The molecule has 1 aliphatic carbocycles. The fourth-order valence-corrected chi connectivity index (χ4v) is 2.24. The second kappa shape index (κ2) is 6.68. The van der Waals surface area contributed by atoms with Gasteiger partial charge in [0.05, 0.1) is 0 Å². The molecule has 0 amide bonds. The van der Waals surface area contributed by atoms with Crippen LogP contribution < -0.4 is 10.1 Å². The number of hydrogen-bond donors (Lipinski definition) is 1. The molecular weight excluding hydrogens is 250 g/mol. The van der Waals surface area contributed by atoms with Crippen LogP contribution in [-0.4, -0.2) is 17.6 Å². The summed E-state index contributed by atoms with van der Waals surface area (Å²) in [6, 6.07) is 0.836. The molecular formula is C14H20F2N2O. The summed E-state index contributed by atoms with van der Waals surface area (Å²) in [6.07, 6.45) is 6.05. The van der Waals surface area contributed by atoms with Gasteiger partial charge in [-0.1, -0.05) is 13.3 Å². The molecule has 3 nitrogen and oxygen atoms in total. The van der Waals surface area contributed by atoms with E-state index in [-0.39, 0.29) is 17.8 Å². The highest BCUT2D eigenvalue weighted by molar-refractivity contribution is 5.39. The molecule has 1 saturated carbocycles. The Bertz CT molecular complexity index is 420. The van der Waals surface area contributed by atoms with Crippen molar-refractivity contribution in [3.05, 3.63) is 17.7 Å². The van der Waals surface area contributed by atoms with Crippen molar-refractivity contribution in [2.75, 3.05) is 11.9 Å². The zero-order chi connectivity index (χ0) is 13.7. The minimum atomic E-state index is -0.731. The summed E-state index contributed by atoms with van der Waals surface area (Å²) in [5.74, 6) is -1.44. The zero-order valence-corrected chi connectivity index (χ0v) is 11.2. The van der Waals surface area contributed by atoms with Gasteiger partial charge in [-0.25, -0.2) is 8.78 Å². The van der Waals surface area contributed by atoms with Gasteiger partial charge in [-0.15, -0.1) is 0 Å². The van der Waals surface area contributed by atoms with E-state index in [9.17, 15) is 8.78 Å². The van der Waals surface area contributed by atoms with Gasteiger partial charge >= 0.3 is 0 Å². The van der Waals surface area contributed by atoms with Crippen LogP contribution in [0.15, 0.2) is 6.07 Å². The third-order valence-electron chi connectivity index (χ3n) is 3.27. The Kier molecular flexibility index (Phi) is 4.93. The molecule has 1 N–H and O–H groups in total. The molecule has 1 heterocycles. The van der Waals surface area contributed by atoms with E-state index in [1.807, 2.05) is 6.92 Å². The Morgan fingerprint density at radius 3 is 2.68 bits per heavy atom. The number of nitrogens with zero attached hydrogens (tertiary/aromatic N) is 1. The van der Waals surface area contributed by atoms with Crippen LogP contribution in [0.1, 0.15) is 45.4 Å². The number of anilines is 1. The van der Waals surface area contributed by atoms with E-state index in [4.69, 9.17) is 4.74 Å². The molecule has 0 atom stereocenters. The van der Waals surface area contributed by atoms with E-state index in [0.717, 1.165) is 38.2 Å². The molecule has 0 radical (unpaired) electrons. The van der Waals surface area contributed by atoms with Crippen LogP contribution >= 0.6 is 0 Å². The van der Waals surface area contributed by atoms with E-state index >= 15 is 0 Å². The van der Waals surface area contributed by atoms with Crippen molar-refractivity contribution >= 4 is 5.82 Å². The first kappa shape index (κ1) is 14.0. The molecule has 0 spiro atoms. The molecule has 0 aliphatic heterocycles. The summed E-state index contributed by atoms with van der Waals surface area (Å²) in [4.78, 5) is 3.92. The number of rotatable bonds is 5. The van der Waals surface area contributed by atoms with E-state index in [2.05, 4.69) is 10.3 Å². The van der Waals surface area contributed by atoms with Crippen molar-refractivity contribution in [3.63, 3.8) is 0 Å². The Morgan fingerprint density at radius 2 is 2.00 bits per heavy atom. The predicted molar refractivity (Wildman–Crippen MR) is 70.4 cm³/mol. The van der Waals surface area contributed by atoms with E-state index in [1.54, 1.807) is 0 Å². The van der Waals surface area contributed by atoms with Gasteiger partial charge < -0.3 is 10.1 Å². The standard InChI is InChI=1S/C14H20F2N2O/c1-2-8-17-13-11(15)9-12(16)14(18-13)19-10-6-4-3-5-7-10/h9-10H,2-8H2,1H3,(H,17,18). The minimum Gasteiger partial charge on any atom is -0.472 e. The Morgan fingerprint density at radius 1 is 1.26 bits per heavy atom. The number of aromatic nitrogens is 1. The molecule has 2 rings (SSSR count). The molecule has 0 bridgehead atoms. The number of hydrogen-bond acceptors (Lipinski definition) is 3. The van der Waals surface area contributed by atoms with Crippen molar-refractivity contribution in [2.24, 2.45) is 0 Å². The first-order chi connectivity index (χ1) is 9.20. The largest absolute Gasteiger partial charge is 0.472 e. The Balaban J connectivity index is 2.09. The summed E-state index contributed by atoms with van der Waals surface area (Å²) in [6.45, 7) is 2.56. The number of ether oxygens (including phenoxy) is 1. The average molecular weight is 270 g/mol. The minimum absolute atomic E-state index is 0.000219. The maximum atomic E-state index is 13.7. The number of pyridine rings is 1. The Hall–Kier alpha value is -1.39. The van der Waals surface area contributed by atoms with Gasteiger partial charge in [-0.2, -0.15) is 4.98 Å². The summed E-state index contributed by atoms with van der Waals surface area (Å²) in [5, 5.41) is 2.83. The molecule has 5 heteroatoms. The summed E-state index contributed by atoms with van der Waals surface area (Å²) < 4.78 is 32.7. The van der Waals surface area contributed by atoms with Gasteiger partial charge in [-0.3, -0.25) is 0 Å². The van der Waals surface area contributed by atoms with Crippen LogP contribution in [0.3, 0.4) is 0 Å². The van der Waals surface area contributed by atoms with E-state index < -0.39 is 11.6 Å². The number of nitrogens with one attached hydrogen (secondary N) is 1. The normalized spacial score (nSPS) is 16.4. The maximum absolute atomic E-state index is 13.7. The highest BCUT2D eigenvalue weighted by Gasteiger charge is 2.19. The van der Waals surface area contributed by atoms with Gasteiger partial charge in [-0.05, 0) is 32.1 Å². The van der Waals surface area contributed by atoms with Gasteiger partial charge in [0.25, 0.3) is 5.88 Å². The van der Waals surface area contributed by atoms with Crippen LogP contribution in [0.25, 0.3) is 0 Å². The van der Waals surface area contributed by atoms with Crippen molar-refractivity contribution in [2.45, 2.75) is 51.6 Å². The quantitative estimate of drug-likeness (QED) is 0.881.